The average molecular weight is 363 g/mol. The third-order valence-corrected chi connectivity index (χ3v) is 5.20. The number of esters is 1. The Morgan fingerprint density at radius 3 is 2.54 bits per heavy atom. The molecule has 0 aliphatic heterocycles. The van der Waals surface area contributed by atoms with E-state index in [0.717, 1.165) is 24.1 Å². The van der Waals surface area contributed by atoms with E-state index in [0.29, 0.717) is 24.7 Å². The van der Waals surface area contributed by atoms with Crippen LogP contribution in [0.1, 0.15) is 70.8 Å². The fraction of sp³-hybridized carbons (Fsp3) is 0.667. The Kier molecular flexibility index (Phi) is 6.93. The zero-order valence-corrected chi connectivity index (χ0v) is 16.6. The van der Waals surface area contributed by atoms with Gasteiger partial charge in [0.2, 0.25) is 0 Å². The first-order chi connectivity index (χ1) is 12.2. The lowest BCUT2D eigenvalue weighted by Gasteiger charge is -2.40. The molecule has 1 aromatic rings. The quantitative estimate of drug-likeness (QED) is 0.569. The largest absolute Gasteiger partial charge is 0.469 e. The summed E-state index contributed by atoms with van der Waals surface area (Å²) in [4.78, 5) is 13.8. The number of aliphatic hydroxyl groups is 1. The smallest absolute Gasteiger partial charge is 0.306 e. The molecule has 26 heavy (non-hydrogen) atoms. The number of rotatable bonds is 7. The molecule has 2 rings (SSSR count). The first-order valence-electron chi connectivity index (χ1n) is 9.66. The SMILES string of the molecule is COC(=O)CC(C)c1ccc(N(CC(C)(C)O)C2CCCCC2)c(N)c1. The Balaban J connectivity index is 2.25. The van der Waals surface area contributed by atoms with E-state index >= 15 is 0 Å². The highest BCUT2D eigenvalue weighted by Gasteiger charge is 2.28. The number of anilines is 2. The summed E-state index contributed by atoms with van der Waals surface area (Å²) in [6.45, 7) is 6.23. The van der Waals surface area contributed by atoms with E-state index in [9.17, 15) is 9.90 Å². The third-order valence-electron chi connectivity index (χ3n) is 5.20. The number of nitrogen functional groups attached to an aromatic ring is 1. The van der Waals surface area contributed by atoms with E-state index in [1.807, 2.05) is 39.0 Å². The van der Waals surface area contributed by atoms with Crippen LogP contribution < -0.4 is 10.6 Å². The van der Waals surface area contributed by atoms with Crippen LogP contribution >= 0.6 is 0 Å². The number of nitrogens with zero attached hydrogens (tertiary/aromatic N) is 1. The maximum atomic E-state index is 11.5. The molecule has 1 unspecified atom stereocenters. The van der Waals surface area contributed by atoms with E-state index in [4.69, 9.17) is 10.5 Å². The Bertz CT molecular complexity index is 604. The number of nitrogens with two attached hydrogens (primary N) is 1. The summed E-state index contributed by atoms with van der Waals surface area (Å²) in [6, 6.07) is 6.46. The standard InChI is InChI=1S/C21H34N2O3/c1-15(12-20(24)26-4)16-10-11-19(18(22)13-16)23(14-21(2,3)25)17-8-6-5-7-9-17/h10-11,13,15,17,25H,5-9,12,14,22H2,1-4H3. The van der Waals surface area contributed by atoms with Crippen LogP contribution in [0.25, 0.3) is 0 Å². The van der Waals surface area contributed by atoms with Gasteiger partial charge >= 0.3 is 5.97 Å². The summed E-state index contributed by atoms with van der Waals surface area (Å²) in [6.07, 6.45) is 6.34. The Hall–Kier alpha value is -1.75. The van der Waals surface area contributed by atoms with Gasteiger partial charge in [-0.1, -0.05) is 32.3 Å². The van der Waals surface area contributed by atoms with Crippen molar-refractivity contribution in [3.8, 4) is 0 Å². The van der Waals surface area contributed by atoms with Gasteiger partial charge in [0.25, 0.3) is 0 Å². The van der Waals surface area contributed by atoms with Crippen molar-refractivity contribution in [2.24, 2.45) is 0 Å². The van der Waals surface area contributed by atoms with E-state index < -0.39 is 5.60 Å². The van der Waals surface area contributed by atoms with Gasteiger partial charge in [0.1, 0.15) is 0 Å². The van der Waals surface area contributed by atoms with Crippen molar-refractivity contribution in [2.45, 2.75) is 76.9 Å². The van der Waals surface area contributed by atoms with E-state index in [1.165, 1.54) is 26.4 Å². The maximum Gasteiger partial charge on any atom is 0.306 e. The van der Waals surface area contributed by atoms with Gasteiger partial charge in [-0.15, -0.1) is 0 Å². The molecule has 0 spiro atoms. The van der Waals surface area contributed by atoms with Gasteiger partial charge in [-0.3, -0.25) is 4.79 Å². The van der Waals surface area contributed by atoms with Crippen LogP contribution in [0.5, 0.6) is 0 Å². The molecule has 0 aromatic heterocycles. The zero-order valence-electron chi connectivity index (χ0n) is 16.6. The maximum absolute atomic E-state index is 11.5. The highest BCUT2D eigenvalue weighted by molar-refractivity contribution is 5.72. The summed E-state index contributed by atoms with van der Waals surface area (Å²) < 4.78 is 4.76. The molecule has 5 nitrogen and oxygen atoms in total. The molecule has 1 fully saturated rings. The number of carbonyl (C=O) groups is 1. The molecule has 0 amide bonds. The van der Waals surface area contributed by atoms with Crippen molar-refractivity contribution in [2.75, 3.05) is 24.3 Å². The first-order valence-corrected chi connectivity index (χ1v) is 9.66. The average Bonchev–Trinajstić information content (AvgIpc) is 2.59. The number of hydrogen-bond donors (Lipinski definition) is 2. The third kappa shape index (κ3) is 5.63. The lowest BCUT2D eigenvalue weighted by atomic mass is 9.91. The van der Waals surface area contributed by atoms with Crippen molar-refractivity contribution < 1.29 is 14.6 Å². The van der Waals surface area contributed by atoms with Crippen LogP contribution in [-0.4, -0.2) is 36.4 Å². The second kappa shape index (κ2) is 8.76. The molecule has 0 saturated heterocycles. The highest BCUT2D eigenvalue weighted by atomic mass is 16.5. The molecule has 0 heterocycles. The normalized spacial score (nSPS) is 17.0. The number of carbonyl (C=O) groups excluding carboxylic acids is 1. The van der Waals surface area contributed by atoms with Crippen LogP contribution in [0.2, 0.25) is 0 Å². The predicted octanol–water partition coefficient (Wildman–Crippen LogP) is 3.85. The second-order valence-electron chi connectivity index (χ2n) is 8.23. The van der Waals surface area contributed by atoms with E-state index in [-0.39, 0.29) is 11.9 Å². The van der Waals surface area contributed by atoms with Gasteiger partial charge in [0.15, 0.2) is 0 Å². The molecule has 1 aliphatic carbocycles. The molecule has 1 aromatic carbocycles. The predicted molar refractivity (Wildman–Crippen MR) is 106 cm³/mol. The van der Waals surface area contributed by atoms with Crippen LogP contribution in [0.15, 0.2) is 18.2 Å². The molecular weight excluding hydrogens is 328 g/mol. The summed E-state index contributed by atoms with van der Waals surface area (Å²) >= 11 is 0. The first kappa shape index (κ1) is 20.6. The number of methoxy groups -OCH3 is 1. The molecule has 3 N–H and O–H groups in total. The van der Waals surface area contributed by atoms with Crippen molar-refractivity contribution in [1.29, 1.82) is 0 Å². The van der Waals surface area contributed by atoms with Gasteiger partial charge in [-0.05, 0) is 50.3 Å². The number of benzene rings is 1. The van der Waals surface area contributed by atoms with Crippen LogP contribution in [0.3, 0.4) is 0 Å². The van der Waals surface area contributed by atoms with Gasteiger partial charge < -0.3 is 20.5 Å². The summed E-state index contributed by atoms with van der Waals surface area (Å²) in [7, 11) is 1.41. The van der Waals surface area contributed by atoms with E-state index in [2.05, 4.69) is 4.90 Å². The van der Waals surface area contributed by atoms with E-state index in [1.54, 1.807) is 0 Å². The molecule has 1 atom stereocenters. The van der Waals surface area contributed by atoms with Crippen molar-refractivity contribution >= 4 is 17.3 Å². The Morgan fingerprint density at radius 1 is 1.35 bits per heavy atom. The molecular formula is C21H34N2O3. The molecule has 0 radical (unpaired) electrons. The van der Waals surface area contributed by atoms with Gasteiger partial charge in [0.05, 0.1) is 30.5 Å². The minimum atomic E-state index is -0.791. The lowest BCUT2D eigenvalue weighted by molar-refractivity contribution is -0.140. The fourth-order valence-corrected chi connectivity index (χ4v) is 3.81. The fourth-order valence-electron chi connectivity index (χ4n) is 3.81. The Labute approximate surface area is 157 Å². The molecule has 1 saturated carbocycles. The molecule has 146 valence electrons. The topological polar surface area (TPSA) is 75.8 Å². The van der Waals surface area contributed by atoms with Gasteiger partial charge in [-0.25, -0.2) is 0 Å². The lowest BCUT2D eigenvalue weighted by Crippen LogP contribution is -2.45. The summed E-state index contributed by atoms with van der Waals surface area (Å²) in [5.74, 6) is -0.165. The minimum Gasteiger partial charge on any atom is -0.469 e. The summed E-state index contributed by atoms with van der Waals surface area (Å²) in [5.41, 5.74) is 8.33. The van der Waals surface area contributed by atoms with Crippen LogP contribution in [0.4, 0.5) is 11.4 Å². The Morgan fingerprint density at radius 2 is 2.00 bits per heavy atom. The number of hydrogen-bond acceptors (Lipinski definition) is 5. The number of ether oxygens (including phenoxy) is 1. The van der Waals surface area contributed by atoms with Crippen LogP contribution in [-0.2, 0) is 9.53 Å². The second-order valence-corrected chi connectivity index (χ2v) is 8.23. The minimum absolute atomic E-state index is 0.0520. The summed E-state index contributed by atoms with van der Waals surface area (Å²) in [5, 5.41) is 10.4. The van der Waals surface area contributed by atoms with Crippen molar-refractivity contribution in [3.63, 3.8) is 0 Å². The van der Waals surface area contributed by atoms with Crippen molar-refractivity contribution in [3.05, 3.63) is 23.8 Å². The monoisotopic (exact) mass is 362 g/mol. The van der Waals surface area contributed by atoms with Crippen LogP contribution in [0, 0.1) is 0 Å². The van der Waals surface area contributed by atoms with Gasteiger partial charge in [-0.2, -0.15) is 0 Å². The molecule has 0 bridgehead atoms. The molecule has 5 heteroatoms. The zero-order chi connectivity index (χ0) is 19.3. The van der Waals surface area contributed by atoms with Crippen molar-refractivity contribution in [1.82, 2.24) is 0 Å². The van der Waals surface area contributed by atoms with Gasteiger partial charge in [0, 0.05) is 12.6 Å². The highest BCUT2D eigenvalue weighted by Crippen LogP contribution is 2.34. The molecule has 1 aliphatic rings.